The van der Waals surface area contributed by atoms with E-state index in [1.54, 1.807) is 30.2 Å². The van der Waals surface area contributed by atoms with Crippen molar-refractivity contribution in [3.63, 3.8) is 0 Å². The molecule has 1 heterocycles. The van der Waals surface area contributed by atoms with Crippen LogP contribution in [0.25, 0.3) is 10.2 Å². The molecule has 5 heteroatoms. The summed E-state index contributed by atoms with van der Waals surface area (Å²) < 4.78 is 12.7. The van der Waals surface area contributed by atoms with E-state index in [2.05, 4.69) is 48.5 Å². The third kappa shape index (κ3) is 4.28. The molecular formula is C20H23NO2S2. The molecule has 0 fully saturated rings. The summed E-state index contributed by atoms with van der Waals surface area (Å²) >= 11 is 3.26. The predicted octanol–water partition coefficient (Wildman–Crippen LogP) is 6.55. The minimum Gasteiger partial charge on any atom is -0.493 e. The molecule has 2 aromatic carbocycles. The average Bonchev–Trinajstić information content (AvgIpc) is 3.05. The van der Waals surface area contributed by atoms with Crippen molar-refractivity contribution >= 4 is 33.3 Å². The molecule has 0 N–H and O–H groups in total. The summed E-state index contributed by atoms with van der Waals surface area (Å²) in [5.41, 5.74) is 2.29. The van der Waals surface area contributed by atoms with Crippen molar-refractivity contribution in [3.05, 3.63) is 42.0 Å². The number of nitrogens with zero attached hydrogens (tertiary/aromatic N) is 1. The number of methoxy groups -OCH3 is 1. The van der Waals surface area contributed by atoms with Gasteiger partial charge in [0.15, 0.2) is 11.5 Å². The average molecular weight is 374 g/mol. The van der Waals surface area contributed by atoms with Gasteiger partial charge in [-0.3, -0.25) is 0 Å². The molecule has 132 valence electrons. The number of benzene rings is 2. The van der Waals surface area contributed by atoms with E-state index in [1.165, 1.54) is 29.7 Å². The molecule has 0 spiro atoms. The molecule has 0 aliphatic carbocycles. The fourth-order valence-electron chi connectivity index (χ4n) is 2.74. The molecule has 3 rings (SSSR count). The van der Waals surface area contributed by atoms with Crippen molar-refractivity contribution in [3.8, 4) is 16.7 Å². The van der Waals surface area contributed by atoms with Crippen molar-refractivity contribution in [2.24, 2.45) is 0 Å². The molecule has 0 saturated heterocycles. The van der Waals surface area contributed by atoms with Crippen LogP contribution in [0.5, 0.6) is 16.7 Å². The number of ether oxygens (including phenoxy) is 2. The topological polar surface area (TPSA) is 31.4 Å². The summed E-state index contributed by atoms with van der Waals surface area (Å²) in [7, 11) is 1.68. The summed E-state index contributed by atoms with van der Waals surface area (Å²) in [5.74, 6) is 1.48. The van der Waals surface area contributed by atoms with Crippen LogP contribution in [0.1, 0.15) is 31.7 Å². The highest BCUT2D eigenvalue weighted by molar-refractivity contribution is 7.98. The zero-order valence-electron chi connectivity index (χ0n) is 14.9. The summed E-state index contributed by atoms with van der Waals surface area (Å²) in [6.07, 6.45) is 6.82. The minimum absolute atomic E-state index is 0.647. The number of para-hydroxylation sites is 1. The van der Waals surface area contributed by atoms with Crippen LogP contribution in [0, 0.1) is 0 Å². The number of thioether (sulfide) groups is 1. The normalized spacial score (nSPS) is 11.0. The Morgan fingerprint density at radius 2 is 2.00 bits per heavy atom. The van der Waals surface area contributed by atoms with Crippen LogP contribution in [0.3, 0.4) is 0 Å². The highest BCUT2D eigenvalue weighted by atomic mass is 32.2. The number of fused-ring (bicyclic) bond motifs is 1. The van der Waals surface area contributed by atoms with Gasteiger partial charge in [0.2, 0.25) is 0 Å². The first kappa shape index (κ1) is 18.1. The van der Waals surface area contributed by atoms with Crippen molar-refractivity contribution in [1.82, 2.24) is 4.98 Å². The van der Waals surface area contributed by atoms with Gasteiger partial charge in [-0.15, -0.1) is 11.8 Å². The van der Waals surface area contributed by atoms with E-state index in [9.17, 15) is 0 Å². The number of hydrogen-bond acceptors (Lipinski definition) is 5. The van der Waals surface area contributed by atoms with Crippen LogP contribution in [0.2, 0.25) is 0 Å². The predicted molar refractivity (Wildman–Crippen MR) is 108 cm³/mol. The Bertz CT molecular complexity index is 845. The van der Waals surface area contributed by atoms with Crippen LogP contribution >= 0.6 is 23.1 Å². The molecule has 3 nitrogen and oxygen atoms in total. The van der Waals surface area contributed by atoms with Crippen molar-refractivity contribution in [2.75, 3.05) is 13.4 Å². The number of aromatic nitrogens is 1. The maximum Gasteiger partial charge on any atom is 0.280 e. The molecule has 0 radical (unpaired) electrons. The van der Waals surface area contributed by atoms with E-state index in [0.717, 1.165) is 22.4 Å². The van der Waals surface area contributed by atoms with E-state index in [-0.39, 0.29) is 0 Å². The molecule has 25 heavy (non-hydrogen) atoms. The van der Waals surface area contributed by atoms with Gasteiger partial charge in [0, 0.05) is 4.90 Å². The maximum atomic E-state index is 6.04. The zero-order valence-corrected chi connectivity index (χ0v) is 16.5. The molecule has 0 aliphatic rings. The lowest BCUT2D eigenvalue weighted by molar-refractivity contribution is 0.378. The lowest BCUT2D eigenvalue weighted by Crippen LogP contribution is -1.93. The third-order valence-electron chi connectivity index (χ3n) is 4.08. The molecule has 0 aliphatic heterocycles. The Labute approximate surface area is 157 Å². The van der Waals surface area contributed by atoms with Gasteiger partial charge in [-0.2, -0.15) is 0 Å². The van der Waals surface area contributed by atoms with Gasteiger partial charge >= 0.3 is 0 Å². The summed E-state index contributed by atoms with van der Waals surface area (Å²) in [6, 6.07) is 12.4. The Balaban J connectivity index is 1.82. The molecule has 1 aromatic heterocycles. The van der Waals surface area contributed by atoms with E-state index >= 15 is 0 Å². The van der Waals surface area contributed by atoms with E-state index in [4.69, 9.17) is 9.47 Å². The highest BCUT2D eigenvalue weighted by Gasteiger charge is 2.12. The number of rotatable bonds is 8. The van der Waals surface area contributed by atoms with Gasteiger partial charge in [0.1, 0.15) is 0 Å². The van der Waals surface area contributed by atoms with Gasteiger partial charge in [-0.25, -0.2) is 4.98 Å². The second-order valence-electron chi connectivity index (χ2n) is 5.83. The third-order valence-corrected chi connectivity index (χ3v) is 5.74. The first-order valence-electron chi connectivity index (χ1n) is 8.53. The monoisotopic (exact) mass is 373 g/mol. The summed E-state index contributed by atoms with van der Waals surface area (Å²) in [4.78, 5) is 5.83. The largest absolute Gasteiger partial charge is 0.493 e. The maximum absolute atomic E-state index is 6.04. The Kier molecular flexibility index (Phi) is 6.21. The standard InChI is InChI=1S/C20H23NO2S2/c1-4-5-6-8-14-11-12-15(16(13-14)22-2)23-20-21-19-17(24-3)9-7-10-18(19)25-20/h7,9-13H,4-6,8H2,1-3H3. The number of unbranched alkanes of at least 4 members (excludes halogenated alkanes) is 2. The van der Waals surface area contributed by atoms with E-state index in [1.807, 2.05) is 6.07 Å². The van der Waals surface area contributed by atoms with Crippen LogP contribution in [-0.4, -0.2) is 18.3 Å². The summed E-state index contributed by atoms with van der Waals surface area (Å²) in [6.45, 7) is 2.22. The quantitative estimate of drug-likeness (QED) is 0.331. The van der Waals surface area contributed by atoms with Gasteiger partial charge in [0.05, 0.1) is 17.3 Å². The molecule has 0 atom stereocenters. The molecule has 0 unspecified atom stereocenters. The fourth-order valence-corrected chi connectivity index (χ4v) is 4.22. The molecular weight excluding hydrogens is 350 g/mol. The number of aryl methyl sites for hydroxylation is 1. The van der Waals surface area contributed by atoms with Crippen LogP contribution < -0.4 is 9.47 Å². The van der Waals surface area contributed by atoms with Crippen LogP contribution in [0.4, 0.5) is 0 Å². The van der Waals surface area contributed by atoms with Gasteiger partial charge in [-0.1, -0.05) is 43.2 Å². The van der Waals surface area contributed by atoms with E-state index in [0.29, 0.717) is 10.9 Å². The fraction of sp³-hybridized carbons (Fsp3) is 0.350. The van der Waals surface area contributed by atoms with Gasteiger partial charge in [-0.05, 0) is 48.9 Å². The Morgan fingerprint density at radius 1 is 1.12 bits per heavy atom. The van der Waals surface area contributed by atoms with Crippen molar-refractivity contribution < 1.29 is 9.47 Å². The SMILES string of the molecule is CCCCCc1ccc(Oc2nc3c(SC)cccc3s2)c(OC)c1. The van der Waals surface area contributed by atoms with Crippen molar-refractivity contribution in [1.29, 1.82) is 0 Å². The minimum atomic E-state index is 0.647. The van der Waals surface area contributed by atoms with Crippen LogP contribution in [-0.2, 0) is 6.42 Å². The Hall–Kier alpha value is -1.72. The van der Waals surface area contributed by atoms with Gasteiger partial charge in [0.25, 0.3) is 5.19 Å². The second-order valence-corrected chi connectivity index (χ2v) is 7.67. The van der Waals surface area contributed by atoms with E-state index < -0.39 is 0 Å². The molecule has 3 aromatic rings. The lowest BCUT2D eigenvalue weighted by atomic mass is 10.1. The first-order valence-corrected chi connectivity index (χ1v) is 10.6. The number of hydrogen-bond donors (Lipinski definition) is 0. The van der Waals surface area contributed by atoms with Crippen molar-refractivity contribution in [2.45, 2.75) is 37.5 Å². The summed E-state index contributed by atoms with van der Waals surface area (Å²) in [5, 5.41) is 0.647. The molecule has 0 bridgehead atoms. The molecule has 0 amide bonds. The first-order chi connectivity index (χ1) is 12.2. The van der Waals surface area contributed by atoms with Crippen LogP contribution in [0.15, 0.2) is 41.3 Å². The number of thiazole rings is 1. The Morgan fingerprint density at radius 3 is 2.76 bits per heavy atom. The van der Waals surface area contributed by atoms with Gasteiger partial charge < -0.3 is 9.47 Å². The molecule has 0 saturated carbocycles. The second kappa shape index (κ2) is 8.59. The smallest absolute Gasteiger partial charge is 0.280 e. The zero-order chi connectivity index (χ0) is 17.6. The highest BCUT2D eigenvalue weighted by Crippen LogP contribution is 2.38. The lowest BCUT2D eigenvalue weighted by Gasteiger charge is -2.10.